The smallest absolute Gasteiger partial charge is 0.339 e. The van der Waals surface area contributed by atoms with Crippen molar-refractivity contribution in [1.29, 1.82) is 5.41 Å². The molecule has 0 radical (unpaired) electrons. The second kappa shape index (κ2) is 24.0. The number of nitrogens with one attached hydrogen (secondary N) is 7. The van der Waals surface area contributed by atoms with Crippen LogP contribution in [0.25, 0.3) is 0 Å². The van der Waals surface area contributed by atoms with Gasteiger partial charge in [-0.15, -0.1) is 0 Å². The highest BCUT2D eigenvalue weighted by molar-refractivity contribution is 5.96. The lowest BCUT2D eigenvalue weighted by Gasteiger charge is -2.41. The number of aliphatic carboxylic acids is 1. The van der Waals surface area contributed by atoms with Gasteiger partial charge in [-0.1, -0.05) is 39.8 Å². The second-order valence-corrected chi connectivity index (χ2v) is 15.5. The molecule has 22 nitrogen and oxygen atoms in total. The number of hydrogen-bond donors (Lipinski definition) is 12. The quantitative estimate of drug-likeness (QED) is 0.0307. The van der Waals surface area contributed by atoms with Crippen LogP contribution < -0.4 is 49.2 Å². The van der Waals surface area contributed by atoms with E-state index in [1.807, 2.05) is 0 Å². The average molecular weight is 847 g/mol. The number of urea groups is 1. The second-order valence-electron chi connectivity index (χ2n) is 15.5. The number of primary amides is 1. The number of rotatable bonds is 24. The summed E-state index contributed by atoms with van der Waals surface area (Å²) in [6.45, 7) is 8.68. The van der Waals surface area contributed by atoms with Crippen molar-refractivity contribution < 1.29 is 48.6 Å². The maximum Gasteiger partial charge on any atom is 0.339 e. The van der Waals surface area contributed by atoms with E-state index in [-0.39, 0.29) is 62.8 Å². The maximum absolute atomic E-state index is 14.0. The van der Waals surface area contributed by atoms with Gasteiger partial charge in [-0.05, 0) is 68.6 Å². The third-order valence-electron chi connectivity index (χ3n) is 9.50. The molecule has 0 saturated carbocycles. The van der Waals surface area contributed by atoms with Crippen molar-refractivity contribution in [1.82, 2.24) is 41.9 Å². The molecule has 334 valence electrons. The van der Waals surface area contributed by atoms with Crippen LogP contribution in [0.4, 0.5) is 4.79 Å². The fourth-order valence-corrected chi connectivity index (χ4v) is 6.31. The van der Waals surface area contributed by atoms with Gasteiger partial charge in [0.15, 0.2) is 5.96 Å². The maximum atomic E-state index is 14.0. The van der Waals surface area contributed by atoms with Gasteiger partial charge in [-0.25, -0.2) is 9.80 Å². The molecule has 15 N–H and O–H groups in total. The third-order valence-corrected chi connectivity index (χ3v) is 9.50. The van der Waals surface area contributed by atoms with Crippen LogP contribution in [0.5, 0.6) is 5.75 Å². The van der Waals surface area contributed by atoms with Gasteiger partial charge >= 0.3 is 12.0 Å². The highest BCUT2D eigenvalue weighted by Crippen LogP contribution is 2.19. The predicted octanol–water partition coefficient (Wildman–Crippen LogP) is -1.94. The number of carboxylic acids is 1. The molecule has 0 aromatic heterocycles. The van der Waals surface area contributed by atoms with Crippen molar-refractivity contribution >= 4 is 53.4 Å². The van der Waals surface area contributed by atoms with E-state index in [9.17, 15) is 48.6 Å². The summed E-state index contributed by atoms with van der Waals surface area (Å²) in [6.07, 6.45) is 0.0575. The van der Waals surface area contributed by atoms with E-state index < -0.39 is 96.0 Å². The number of carboxylic acid groups (broad SMARTS) is 1. The molecule has 1 aliphatic heterocycles. The Hall–Kier alpha value is -6.19. The summed E-state index contributed by atoms with van der Waals surface area (Å²) in [5.41, 5.74) is 19.8. The number of benzene rings is 1. The predicted molar refractivity (Wildman–Crippen MR) is 218 cm³/mol. The molecule has 2 rings (SSSR count). The fourth-order valence-electron chi connectivity index (χ4n) is 6.31. The minimum Gasteiger partial charge on any atom is -0.508 e. The van der Waals surface area contributed by atoms with Crippen LogP contribution in [0.1, 0.15) is 78.7 Å². The van der Waals surface area contributed by atoms with E-state index in [0.29, 0.717) is 18.5 Å². The zero-order chi connectivity index (χ0) is 45.3. The molecule has 1 fully saturated rings. The Morgan fingerprint density at radius 2 is 1.40 bits per heavy atom. The van der Waals surface area contributed by atoms with Crippen molar-refractivity contribution in [3.63, 3.8) is 0 Å². The molecule has 0 bridgehead atoms. The van der Waals surface area contributed by atoms with Gasteiger partial charge in [0, 0.05) is 32.5 Å². The molecule has 0 spiro atoms. The lowest BCUT2D eigenvalue weighted by atomic mass is 9.99. The van der Waals surface area contributed by atoms with Crippen LogP contribution >= 0.6 is 0 Å². The third kappa shape index (κ3) is 16.6. The van der Waals surface area contributed by atoms with Crippen LogP contribution in [0, 0.1) is 17.2 Å². The Balaban J connectivity index is 2.30. The van der Waals surface area contributed by atoms with Crippen LogP contribution in [-0.4, -0.2) is 129 Å². The number of phenolic OH excluding ortho intramolecular Hbond substituents is 1. The summed E-state index contributed by atoms with van der Waals surface area (Å²) in [4.78, 5) is 106. The van der Waals surface area contributed by atoms with E-state index in [0.717, 1.165) is 5.01 Å². The van der Waals surface area contributed by atoms with Crippen LogP contribution in [0.3, 0.4) is 0 Å². The van der Waals surface area contributed by atoms with E-state index >= 15 is 0 Å². The molecule has 1 heterocycles. The zero-order valence-electron chi connectivity index (χ0n) is 34.8. The molecule has 1 aliphatic rings. The van der Waals surface area contributed by atoms with Gasteiger partial charge in [0.1, 0.15) is 36.0 Å². The molecule has 22 heteroatoms. The Morgan fingerprint density at radius 1 is 0.800 bits per heavy atom. The Labute approximate surface area is 348 Å². The van der Waals surface area contributed by atoms with Crippen LogP contribution in [0.15, 0.2) is 24.3 Å². The van der Waals surface area contributed by atoms with Crippen molar-refractivity contribution in [2.75, 3.05) is 19.6 Å². The number of nitrogens with zero attached hydrogens (tertiary/aromatic N) is 2. The summed E-state index contributed by atoms with van der Waals surface area (Å²) in [7, 11) is 0. The molecule has 0 unspecified atom stereocenters. The average Bonchev–Trinajstić information content (AvgIpc) is 3.15. The minimum absolute atomic E-state index is 0.0176. The molecule has 0 aliphatic carbocycles. The first-order chi connectivity index (χ1) is 28.1. The number of nitrogens with two attached hydrogens (primary N) is 3. The Morgan fingerprint density at radius 3 is 1.97 bits per heavy atom. The van der Waals surface area contributed by atoms with Crippen molar-refractivity contribution in [2.24, 2.45) is 29.0 Å². The number of carbonyl (C=O) groups is 8. The Bertz CT molecular complexity index is 1690. The first kappa shape index (κ1) is 50.0. The molecule has 8 amide bonds. The van der Waals surface area contributed by atoms with Crippen molar-refractivity contribution in [3.8, 4) is 5.75 Å². The van der Waals surface area contributed by atoms with Crippen molar-refractivity contribution in [2.45, 2.75) is 116 Å². The van der Waals surface area contributed by atoms with E-state index in [1.165, 1.54) is 24.0 Å². The molecule has 1 aromatic carbocycles. The molecular weight excluding hydrogens is 784 g/mol. The zero-order valence-corrected chi connectivity index (χ0v) is 34.8. The molecule has 6 atom stereocenters. The SMILES string of the molecule is CC(C)C[C@@H](NC(=O)[C@@H](CCC(=O)O)NC(=O)[C@@H](C(C)C)N1CCCN(NC(=O)[C@@H](Cc2ccc(O)cc2)NC(=O)[C@H](N)CCCNC(=N)N)C1=O)C(=O)N[C@H](C)C(N)=O. The summed E-state index contributed by atoms with van der Waals surface area (Å²) < 4.78 is 0. The number of hydrazine groups is 1. The summed E-state index contributed by atoms with van der Waals surface area (Å²) in [6, 6.07) is -2.00. The van der Waals surface area contributed by atoms with Gasteiger partial charge in [-0.3, -0.25) is 44.4 Å². The molecule has 1 saturated heterocycles. The number of aromatic hydroxyl groups is 1. The van der Waals surface area contributed by atoms with E-state index in [2.05, 4.69) is 32.0 Å². The van der Waals surface area contributed by atoms with Gasteiger partial charge in [0.05, 0.1) is 6.04 Å². The van der Waals surface area contributed by atoms with Gasteiger partial charge < -0.3 is 58.9 Å². The minimum atomic E-state index is -1.46. The van der Waals surface area contributed by atoms with E-state index in [4.69, 9.17) is 22.6 Å². The number of guanidine groups is 1. The molecule has 60 heavy (non-hydrogen) atoms. The number of phenols is 1. The first-order valence-electron chi connectivity index (χ1n) is 19.8. The molecular formula is C38H62N12O10. The normalized spacial score (nSPS) is 15.8. The first-order valence-corrected chi connectivity index (χ1v) is 19.8. The van der Waals surface area contributed by atoms with Gasteiger partial charge in [0.2, 0.25) is 29.5 Å². The summed E-state index contributed by atoms with van der Waals surface area (Å²) >= 11 is 0. The highest BCUT2D eigenvalue weighted by atomic mass is 16.4. The fraction of sp³-hybridized carbons (Fsp3) is 0.605. The Kier molecular flexibility index (Phi) is 20.0. The number of hydrogen-bond acceptors (Lipinski definition) is 11. The summed E-state index contributed by atoms with van der Waals surface area (Å²) in [5.74, 6) is -6.79. The number of amides is 8. The lowest BCUT2D eigenvalue weighted by molar-refractivity contribution is -0.139. The van der Waals surface area contributed by atoms with Gasteiger partial charge in [-0.2, -0.15) is 0 Å². The van der Waals surface area contributed by atoms with Crippen LogP contribution in [0.2, 0.25) is 0 Å². The van der Waals surface area contributed by atoms with Gasteiger partial charge in [0.25, 0.3) is 5.91 Å². The monoisotopic (exact) mass is 846 g/mol. The van der Waals surface area contributed by atoms with Crippen molar-refractivity contribution in [3.05, 3.63) is 29.8 Å². The summed E-state index contributed by atoms with van der Waals surface area (Å²) in [5, 5.41) is 40.3. The number of carbonyl (C=O) groups excluding carboxylic acids is 7. The lowest BCUT2D eigenvalue weighted by Crippen LogP contribution is -2.65. The standard InChI is InChI=1S/C38H62N12O10/c1-20(2)18-27(34(57)44-22(5)31(40)54)47-33(56)26(13-14-29(52)53)45-36(59)30(21(3)4)49-16-7-17-50(38(49)60)48-35(58)28(19-23-9-11-24(51)12-10-23)46-32(55)25(39)8-6-15-43-37(41)42/h9-12,20-22,25-28,30,51H,6-8,13-19,39H2,1-5H3,(H2,40,54)(H,44,57)(H,45,59)(H,46,55)(H,47,56)(H,48,58)(H,52,53)(H4,41,42,43)/t22-,25-,26-,27-,28-,30-/m1/s1. The highest BCUT2D eigenvalue weighted by Gasteiger charge is 2.40. The topological polar surface area (TPSA) is 358 Å². The largest absolute Gasteiger partial charge is 0.508 e. The van der Waals surface area contributed by atoms with E-state index in [1.54, 1.807) is 39.8 Å². The van der Waals surface area contributed by atoms with Crippen LogP contribution in [-0.2, 0) is 40.0 Å². The molecule has 1 aromatic rings.